The lowest BCUT2D eigenvalue weighted by Crippen LogP contribution is -2.35. The van der Waals surface area contributed by atoms with Crippen molar-refractivity contribution in [3.63, 3.8) is 0 Å². The third-order valence-corrected chi connectivity index (χ3v) is 7.97. The summed E-state index contributed by atoms with van der Waals surface area (Å²) in [4.78, 5) is 20.1. The van der Waals surface area contributed by atoms with Crippen LogP contribution < -0.4 is 15.0 Å². The van der Waals surface area contributed by atoms with Gasteiger partial charge < -0.3 is 23.6 Å². The molecule has 12 heteroatoms. The molecule has 11 nitrogen and oxygen atoms in total. The number of ether oxygens (including phenoxy) is 3. The largest absolute Gasteiger partial charge is 0.468 e. The number of pyridine rings is 1. The van der Waals surface area contributed by atoms with Gasteiger partial charge in [0.1, 0.15) is 11.8 Å². The fourth-order valence-electron chi connectivity index (χ4n) is 5.28. The molecule has 0 radical (unpaired) electrons. The van der Waals surface area contributed by atoms with Crippen molar-refractivity contribution in [3.8, 4) is 11.5 Å². The first-order valence-electron chi connectivity index (χ1n) is 12.8. The number of aromatic amines is 1. The lowest BCUT2D eigenvalue weighted by Gasteiger charge is -2.30. The molecule has 2 aliphatic rings. The standard InChI is InChI=1S/C27H26N6O5S/c34-27-21(10-17-11-23-24(38-16-37-23)12-22(17)28-27)25(26-29-30-31-33(26)14-19-5-2-8-36-19)32(13-18-4-1-7-35-18)15-20-6-3-9-39-20/h1,3-4,6-7,9-12,19,25H,2,5,8,13-16H2,(H,28,34)/t19-,25+/m0/s1. The molecule has 1 saturated heterocycles. The SMILES string of the molecule is O=c1[nH]c2cc3c(cc2cc1[C@H](c1nnnn1C[C@@H]1CCCO1)N(Cc1ccco1)Cc1cccs1)OCO3. The first-order chi connectivity index (χ1) is 19.2. The first-order valence-corrected chi connectivity index (χ1v) is 13.7. The minimum Gasteiger partial charge on any atom is -0.468 e. The number of rotatable bonds is 9. The van der Waals surface area contributed by atoms with Crippen molar-refractivity contribution in [3.05, 3.63) is 86.5 Å². The van der Waals surface area contributed by atoms with E-state index >= 15 is 0 Å². The number of tetrazole rings is 1. The van der Waals surface area contributed by atoms with Crippen LogP contribution >= 0.6 is 11.3 Å². The van der Waals surface area contributed by atoms with Gasteiger partial charge >= 0.3 is 0 Å². The summed E-state index contributed by atoms with van der Waals surface area (Å²) in [6, 6.07) is 12.9. The van der Waals surface area contributed by atoms with Crippen LogP contribution in [0.4, 0.5) is 0 Å². The Kier molecular flexibility index (Phi) is 6.35. The van der Waals surface area contributed by atoms with Gasteiger partial charge in [0.2, 0.25) is 6.79 Å². The third kappa shape index (κ3) is 4.82. The quantitative estimate of drug-likeness (QED) is 0.294. The Morgan fingerprint density at radius 2 is 2.08 bits per heavy atom. The van der Waals surface area contributed by atoms with Crippen LogP contribution in [-0.4, -0.2) is 49.6 Å². The van der Waals surface area contributed by atoms with Gasteiger partial charge in [0.05, 0.1) is 31.0 Å². The summed E-state index contributed by atoms with van der Waals surface area (Å²) >= 11 is 1.66. The van der Waals surface area contributed by atoms with Crippen molar-refractivity contribution < 1.29 is 18.6 Å². The van der Waals surface area contributed by atoms with Gasteiger partial charge in [0.15, 0.2) is 17.3 Å². The second-order valence-electron chi connectivity index (χ2n) is 9.67. The lowest BCUT2D eigenvalue weighted by atomic mass is 10.0. The fourth-order valence-corrected chi connectivity index (χ4v) is 6.01. The highest BCUT2D eigenvalue weighted by Gasteiger charge is 2.33. The van der Waals surface area contributed by atoms with Crippen LogP contribution in [0.15, 0.2) is 63.3 Å². The average Bonchev–Trinajstić information content (AvgIpc) is 3.76. The Hall–Kier alpha value is -4.00. The molecule has 0 amide bonds. The zero-order valence-corrected chi connectivity index (χ0v) is 21.8. The molecule has 2 aliphatic heterocycles. The molecule has 5 aromatic rings. The number of benzene rings is 1. The van der Waals surface area contributed by atoms with Gasteiger partial charge in [-0.15, -0.1) is 16.4 Å². The summed E-state index contributed by atoms with van der Waals surface area (Å²) in [6.07, 6.45) is 3.63. The number of thiophene rings is 1. The van der Waals surface area contributed by atoms with Crippen molar-refractivity contribution in [2.45, 2.75) is 44.6 Å². The van der Waals surface area contributed by atoms with Gasteiger partial charge in [0, 0.05) is 35.0 Å². The number of fused-ring (bicyclic) bond motifs is 2. The average molecular weight is 547 g/mol. The van der Waals surface area contributed by atoms with Crippen LogP contribution in [0.5, 0.6) is 11.5 Å². The van der Waals surface area contributed by atoms with E-state index in [2.05, 4.69) is 31.5 Å². The van der Waals surface area contributed by atoms with E-state index in [1.54, 1.807) is 28.3 Å². The molecule has 39 heavy (non-hydrogen) atoms. The summed E-state index contributed by atoms with van der Waals surface area (Å²) in [5.74, 6) is 2.60. The Bertz CT molecular complexity index is 1590. The number of nitrogens with one attached hydrogen (secondary N) is 1. The second kappa shape index (κ2) is 10.3. The number of hydrogen-bond acceptors (Lipinski definition) is 10. The Morgan fingerprint density at radius 3 is 2.87 bits per heavy atom. The highest BCUT2D eigenvalue weighted by Crippen LogP contribution is 2.37. The smallest absolute Gasteiger partial charge is 0.253 e. The van der Waals surface area contributed by atoms with Crippen molar-refractivity contribution in [2.24, 2.45) is 0 Å². The lowest BCUT2D eigenvalue weighted by molar-refractivity contribution is 0.0901. The van der Waals surface area contributed by atoms with Gasteiger partial charge in [0.25, 0.3) is 5.56 Å². The summed E-state index contributed by atoms with van der Waals surface area (Å²) in [5, 5.41) is 15.7. The molecule has 1 fully saturated rings. The molecule has 0 unspecified atom stereocenters. The van der Waals surface area contributed by atoms with E-state index in [-0.39, 0.29) is 18.5 Å². The predicted molar refractivity (Wildman–Crippen MR) is 142 cm³/mol. The maximum absolute atomic E-state index is 13.8. The Balaban J connectivity index is 1.37. The molecule has 1 aromatic carbocycles. The summed E-state index contributed by atoms with van der Waals surface area (Å²) in [7, 11) is 0. The zero-order chi connectivity index (χ0) is 26.2. The number of hydrogen-bond donors (Lipinski definition) is 1. The summed E-state index contributed by atoms with van der Waals surface area (Å²) in [6.45, 7) is 2.40. The molecule has 0 saturated carbocycles. The first kappa shape index (κ1) is 24.1. The second-order valence-corrected chi connectivity index (χ2v) is 10.7. The van der Waals surface area contributed by atoms with Crippen LogP contribution in [0.25, 0.3) is 10.9 Å². The normalized spacial score (nSPS) is 17.4. The molecule has 6 heterocycles. The zero-order valence-electron chi connectivity index (χ0n) is 21.0. The van der Waals surface area contributed by atoms with E-state index in [0.717, 1.165) is 35.5 Å². The number of furan rings is 1. The monoisotopic (exact) mass is 546 g/mol. The number of nitrogens with zero attached hydrogens (tertiary/aromatic N) is 5. The van der Waals surface area contributed by atoms with Crippen molar-refractivity contribution >= 4 is 22.2 Å². The van der Waals surface area contributed by atoms with E-state index in [1.165, 1.54) is 0 Å². The van der Waals surface area contributed by atoms with Crippen LogP contribution in [0.3, 0.4) is 0 Å². The molecule has 0 bridgehead atoms. The molecule has 0 aliphatic carbocycles. The van der Waals surface area contributed by atoms with E-state index in [1.807, 2.05) is 35.7 Å². The maximum atomic E-state index is 13.8. The van der Waals surface area contributed by atoms with Gasteiger partial charge in [-0.25, -0.2) is 4.68 Å². The molecule has 4 aromatic heterocycles. The molecule has 200 valence electrons. The molecular formula is C27H26N6O5S. The molecule has 0 spiro atoms. The van der Waals surface area contributed by atoms with Gasteiger partial charge in [-0.05, 0) is 59.0 Å². The molecule has 1 N–H and O–H groups in total. The maximum Gasteiger partial charge on any atom is 0.253 e. The van der Waals surface area contributed by atoms with Gasteiger partial charge in [-0.3, -0.25) is 9.69 Å². The highest BCUT2D eigenvalue weighted by molar-refractivity contribution is 7.09. The molecule has 7 rings (SSSR count). The highest BCUT2D eigenvalue weighted by atomic mass is 32.1. The topological polar surface area (TPSA) is 121 Å². The van der Waals surface area contributed by atoms with Crippen LogP contribution in [0.1, 0.15) is 40.9 Å². The van der Waals surface area contributed by atoms with Crippen molar-refractivity contribution in [1.29, 1.82) is 0 Å². The number of aromatic nitrogens is 5. The van der Waals surface area contributed by atoms with Crippen LogP contribution in [-0.2, 0) is 24.4 Å². The van der Waals surface area contributed by atoms with Crippen LogP contribution in [0, 0.1) is 0 Å². The van der Waals surface area contributed by atoms with Gasteiger partial charge in [-0.2, -0.15) is 0 Å². The van der Waals surface area contributed by atoms with Gasteiger partial charge in [-0.1, -0.05) is 6.07 Å². The number of H-pyrrole nitrogens is 1. The fraction of sp³-hybridized carbons (Fsp3) is 0.333. The summed E-state index contributed by atoms with van der Waals surface area (Å²) < 4.78 is 24.5. The molecular weight excluding hydrogens is 520 g/mol. The van der Waals surface area contributed by atoms with E-state index < -0.39 is 6.04 Å². The van der Waals surface area contributed by atoms with E-state index in [0.29, 0.717) is 48.0 Å². The molecule has 2 atom stereocenters. The Morgan fingerprint density at radius 1 is 1.15 bits per heavy atom. The van der Waals surface area contributed by atoms with E-state index in [4.69, 9.17) is 18.6 Å². The minimum absolute atomic E-state index is 0.0262. The van der Waals surface area contributed by atoms with Crippen molar-refractivity contribution in [2.75, 3.05) is 13.4 Å². The van der Waals surface area contributed by atoms with Crippen molar-refractivity contribution in [1.82, 2.24) is 30.1 Å². The predicted octanol–water partition coefficient (Wildman–Crippen LogP) is 3.87. The van der Waals surface area contributed by atoms with Crippen LogP contribution in [0.2, 0.25) is 0 Å². The summed E-state index contributed by atoms with van der Waals surface area (Å²) in [5.41, 5.74) is 0.961. The Labute approximate surface area is 226 Å². The van der Waals surface area contributed by atoms with E-state index in [9.17, 15) is 4.79 Å². The minimum atomic E-state index is -0.577. The third-order valence-electron chi connectivity index (χ3n) is 7.11.